The maximum atomic E-state index is 13.3. The maximum absolute atomic E-state index is 13.3. The van der Waals surface area contributed by atoms with E-state index in [1.165, 1.54) is 24.3 Å². The maximum Gasteiger partial charge on any atom is 0.232 e. The van der Waals surface area contributed by atoms with Crippen LogP contribution < -0.4 is 9.62 Å². The van der Waals surface area contributed by atoms with Crippen LogP contribution in [-0.4, -0.2) is 33.7 Å². The van der Waals surface area contributed by atoms with E-state index in [9.17, 15) is 22.0 Å². The standard InChI is InChI=1S/C19H21ClF2N2O3S/c1-28(26,27)24(16-8-9-18(22)17(20)13-16)12-2-3-19(25)23-11-10-14-4-6-15(21)7-5-14/h4-9,13H,2-3,10-12H2,1H3,(H,23,25). The minimum absolute atomic E-state index is 0.0617. The van der Waals surface area contributed by atoms with Gasteiger partial charge in [0.2, 0.25) is 15.9 Å². The molecular weight excluding hydrogens is 410 g/mol. The van der Waals surface area contributed by atoms with Crippen molar-refractivity contribution in [2.24, 2.45) is 0 Å². The molecule has 0 atom stereocenters. The molecule has 0 heterocycles. The van der Waals surface area contributed by atoms with Gasteiger partial charge in [-0.25, -0.2) is 17.2 Å². The first kappa shape index (κ1) is 22.1. The number of halogens is 3. The van der Waals surface area contributed by atoms with E-state index < -0.39 is 15.8 Å². The molecule has 0 radical (unpaired) electrons. The molecule has 0 aliphatic rings. The third-order valence-electron chi connectivity index (χ3n) is 4.01. The second-order valence-electron chi connectivity index (χ2n) is 6.26. The van der Waals surface area contributed by atoms with E-state index in [4.69, 9.17) is 11.6 Å². The molecule has 2 rings (SSSR count). The average molecular weight is 431 g/mol. The summed E-state index contributed by atoms with van der Waals surface area (Å²) in [7, 11) is -3.61. The van der Waals surface area contributed by atoms with Gasteiger partial charge in [0.15, 0.2) is 0 Å². The predicted octanol–water partition coefficient (Wildman–Crippen LogP) is 3.52. The van der Waals surface area contributed by atoms with Crippen LogP contribution in [0, 0.1) is 11.6 Å². The van der Waals surface area contributed by atoms with Gasteiger partial charge in [-0.15, -0.1) is 0 Å². The molecule has 1 N–H and O–H groups in total. The molecule has 0 aromatic heterocycles. The molecule has 0 saturated heterocycles. The average Bonchev–Trinajstić information content (AvgIpc) is 2.62. The van der Waals surface area contributed by atoms with Crippen LogP contribution in [0.5, 0.6) is 0 Å². The summed E-state index contributed by atoms with van der Waals surface area (Å²) in [6, 6.07) is 9.68. The Balaban J connectivity index is 1.83. The van der Waals surface area contributed by atoms with E-state index in [1.54, 1.807) is 12.1 Å². The highest BCUT2D eigenvalue weighted by Crippen LogP contribution is 2.24. The molecule has 0 bridgehead atoms. The number of hydrogen-bond acceptors (Lipinski definition) is 3. The molecule has 28 heavy (non-hydrogen) atoms. The number of amides is 1. The van der Waals surface area contributed by atoms with Gasteiger partial charge in [-0.2, -0.15) is 0 Å². The van der Waals surface area contributed by atoms with Crippen molar-refractivity contribution in [3.63, 3.8) is 0 Å². The predicted molar refractivity (Wildman–Crippen MR) is 106 cm³/mol. The number of benzene rings is 2. The molecule has 2 aromatic rings. The van der Waals surface area contributed by atoms with Gasteiger partial charge in [-0.05, 0) is 48.7 Å². The highest BCUT2D eigenvalue weighted by Gasteiger charge is 2.18. The molecule has 2 aromatic carbocycles. The van der Waals surface area contributed by atoms with Gasteiger partial charge in [-0.1, -0.05) is 23.7 Å². The number of hydrogen-bond donors (Lipinski definition) is 1. The third-order valence-corrected chi connectivity index (χ3v) is 5.49. The Morgan fingerprint density at radius 2 is 1.82 bits per heavy atom. The van der Waals surface area contributed by atoms with Crippen molar-refractivity contribution in [1.82, 2.24) is 5.32 Å². The summed E-state index contributed by atoms with van der Waals surface area (Å²) in [5.41, 5.74) is 1.14. The lowest BCUT2D eigenvalue weighted by Gasteiger charge is -2.22. The molecule has 0 aliphatic heterocycles. The first-order valence-corrected chi connectivity index (χ1v) is 10.8. The number of nitrogens with zero attached hydrogens (tertiary/aromatic N) is 1. The molecule has 1 amide bonds. The second-order valence-corrected chi connectivity index (χ2v) is 8.58. The smallest absolute Gasteiger partial charge is 0.232 e. The van der Waals surface area contributed by atoms with Crippen LogP contribution in [0.25, 0.3) is 0 Å². The lowest BCUT2D eigenvalue weighted by Crippen LogP contribution is -2.32. The lowest BCUT2D eigenvalue weighted by atomic mass is 10.1. The Morgan fingerprint density at radius 1 is 1.14 bits per heavy atom. The van der Waals surface area contributed by atoms with Gasteiger partial charge < -0.3 is 5.32 Å². The zero-order valence-corrected chi connectivity index (χ0v) is 16.9. The number of sulfonamides is 1. The summed E-state index contributed by atoms with van der Waals surface area (Å²) < 4.78 is 51.3. The van der Waals surface area contributed by atoms with Crippen molar-refractivity contribution in [3.05, 3.63) is 64.7 Å². The number of rotatable bonds is 9. The van der Waals surface area contributed by atoms with Crippen molar-refractivity contribution < 1.29 is 22.0 Å². The molecule has 0 saturated carbocycles. The zero-order valence-electron chi connectivity index (χ0n) is 15.3. The van der Waals surface area contributed by atoms with Crippen LogP contribution in [0.4, 0.5) is 14.5 Å². The van der Waals surface area contributed by atoms with E-state index >= 15 is 0 Å². The summed E-state index contributed by atoms with van der Waals surface area (Å²) in [6.45, 7) is 0.458. The second kappa shape index (κ2) is 9.84. The van der Waals surface area contributed by atoms with Crippen molar-refractivity contribution in [3.8, 4) is 0 Å². The van der Waals surface area contributed by atoms with Gasteiger partial charge in [0.25, 0.3) is 0 Å². The quantitative estimate of drug-likeness (QED) is 0.661. The van der Waals surface area contributed by atoms with Crippen molar-refractivity contribution in [2.75, 3.05) is 23.7 Å². The van der Waals surface area contributed by atoms with Gasteiger partial charge in [0, 0.05) is 19.5 Å². The van der Waals surface area contributed by atoms with Crippen molar-refractivity contribution in [1.29, 1.82) is 0 Å². The minimum Gasteiger partial charge on any atom is -0.356 e. The van der Waals surface area contributed by atoms with Crippen LogP contribution in [-0.2, 0) is 21.2 Å². The van der Waals surface area contributed by atoms with Crippen LogP contribution in [0.15, 0.2) is 42.5 Å². The molecule has 0 fully saturated rings. The summed E-state index contributed by atoms with van der Waals surface area (Å²) in [5, 5.41) is 2.57. The fourth-order valence-electron chi connectivity index (χ4n) is 2.60. The van der Waals surface area contributed by atoms with Gasteiger partial charge in [-0.3, -0.25) is 9.10 Å². The molecular formula is C19H21ClF2N2O3S. The Labute approximate surface area is 168 Å². The van der Waals surface area contributed by atoms with E-state index in [1.807, 2.05) is 0 Å². The molecule has 9 heteroatoms. The van der Waals surface area contributed by atoms with E-state index in [2.05, 4.69) is 5.32 Å². The Kier molecular flexibility index (Phi) is 7.77. The van der Waals surface area contributed by atoms with Gasteiger partial charge >= 0.3 is 0 Å². The van der Waals surface area contributed by atoms with Gasteiger partial charge in [0.05, 0.1) is 17.0 Å². The van der Waals surface area contributed by atoms with E-state index in [-0.39, 0.29) is 41.8 Å². The normalized spacial score (nSPS) is 11.3. The monoisotopic (exact) mass is 430 g/mol. The summed E-state index contributed by atoms with van der Waals surface area (Å²) in [5.74, 6) is -1.17. The summed E-state index contributed by atoms with van der Waals surface area (Å²) in [6.07, 6.45) is 2.01. The fourth-order valence-corrected chi connectivity index (χ4v) is 3.73. The molecule has 5 nitrogen and oxygen atoms in total. The SMILES string of the molecule is CS(=O)(=O)N(CCCC(=O)NCCc1ccc(F)cc1)c1ccc(F)c(Cl)c1. The van der Waals surface area contributed by atoms with Gasteiger partial charge in [0.1, 0.15) is 11.6 Å². The first-order valence-electron chi connectivity index (χ1n) is 8.61. The molecule has 0 spiro atoms. The van der Waals surface area contributed by atoms with E-state index in [0.29, 0.717) is 13.0 Å². The third kappa shape index (κ3) is 6.76. The first-order chi connectivity index (χ1) is 13.2. The Hall–Kier alpha value is -2.19. The van der Waals surface area contributed by atoms with E-state index in [0.717, 1.165) is 22.2 Å². The van der Waals surface area contributed by atoms with Crippen LogP contribution in [0.2, 0.25) is 5.02 Å². The van der Waals surface area contributed by atoms with Crippen molar-refractivity contribution >= 4 is 33.2 Å². The number of carbonyl (C=O) groups excluding carboxylic acids is 1. The largest absolute Gasteiger partial charge is 0.356 e. The zero-order chi connectivity index (χ0) is 20.7. The molecule has 0 aliphatic carbocycles. The summed E-state index contributed by atoms with van der Waals surface area (Å²) in [4.78, 5) is 11.9. The van der Waals surface area contributed by atoms with Crippen LogP contribution in [0.3, 0.4) is 0 Å². The van der Waals surface area contributed by atoms with Crippen molar-refractivity contribution in [2.45, 2.75) is 19.3 Å². The Morgan fingerprint density at radius 3 is 2.43 bits per heavy atom. The lowest BCUT2D eigenvalue weighted by molar-refractivity contribution is -0.121. The number of anilines is 1. The fraction of sp³-hybridized carbons (Fsp3) is 0.316. The minimum atomic E-state index is -3.61. The van der Waals surface area contributed by atoms with Crippen LogP contribution >= 0.6 is 11.6 Å². The molecule has 0 unspecified atom stereocenters. The highest BCUT2D eigenvalue weighted by atomic mass is 35.5. The number of carbonyl (C=O) groups is 1. The topological polar surface area (TPSA) is 66.5 Å². The number of nitrogens with one attached hydrogen (secondary N) is 1. The van der Waals surface area contributed by atoms with Crippen LogP contribution in [0.1, 0.15) is 18.4 Å². The highest BCUT2D eigenvalue weighted by molar-refractivity contribution is 7.92. The molecule has 152 valence electrons. The Bertz CT molecular complexity index is 921. The summed E-state index contributed by atoms with van der Waals surface area (Å²) >= 11 is 5.73.